The number of anilines is 2. The molecule has 0 atom stereocenters. The summed E-state index contributed by atoms with van der Waals surface area (Å²) in [7, 11) is 1.58. The smallest absolute Gasteiger partial charge is 0.268 e. The average Bonchev–Trinajstić information content (AvgIpc) is 3.16. The number of pyridine rings is 1. The number of carbonyl (C=O) groups is 1. The highest BCUT2D eigenvalue weighted by Gasteiger charge is 2.26. The Bertz CT molecular complexity index is 1330. The number of amides is 1. The number of para-hydroxylation sites is 2. The third kappa shape index (κ3) is 3.59. The number of methoxy groups -OCH3 is 1. The Kier molecular flexibility index (Phi) is 5.49. The van der Waals surface area contributed by atoms with Crippen molar-refractivity contribution in [3.05, 3.63) is 69.6 Å². The Balaban J connectivity index is 1.63. The van der Waals surface area contributed by atoms with Gasteiger partial charge in [0.15, 0.2) is 0 Å². The second kappa shape index (κ2) is 8.45. The van der Waals surface area contributed by atoms with Crippen LogP contribution in [0.3, 0.4) is 0 Å². The molecule has 1 aliphatic carbocycles. The van der Waals surface area contributed by atoms with Gasteiger partial charge in [0, 0.05) is 16.0 Å². The first kappa shape index (κ1) is 20.8. The number of thiophene rings is 1. The molecule has 2 aromatic carbocycles. The first-order valence-corrected chi connectivity index (χ1v) is 11.7. The standard InChI is InChI=1S/C25H22ClN3O2S/c1-31-19-9-5-4-8-18(19)28-24(30)23-21(27)20-16-6-2-3-7-17(16)22(29-25(20)32-23)14-10-12-15(26)13-11-14/h4-5,8-13H,2-3,6-7,27H2,1H3,(H,28,30). The normalized spacial score (nSPS) is 13.1. The predicted octanol–water partition coefficient (Wildman–Crippen LogP) is 6.34. The molecule has 162 valence electrons. The Labute approximate surface area is 195 Å². The van der Waals surface area contributed by atoms with E-state index in [9.17, 15) is 4.79 Å². The van der Waals surface area contributed by atoms with Crippen molar-refractivity contribution in [3.63, 3.8) is 0 Å². The lowest BCUT2D eigenvalue weighted by molar-refractivity contribution is 0.103. The fourth-order valence-corrected chi connectivity index (χ4v) is 5.50. The lowest BCUT2D eigenvalue weighted by Gasteiger charge is -2.20. The SMILES string of the molecule is COc1ccccc1NC(=O)c1sc2nc(-c3ccc(Cl)cc3)c3c(c2c1N)CCCC3. The fraction of sp³-hybridized carbons (Fsp3) is 0.200. The highest BCUT2D eigenvalue weighted by Crippen LogP contribution is 2.42. The van der Waals surface area contributed by atoms with Crippen molar-refractivity contribution in [1.82, 2.24) is 4.98 Å². The quantitative estimate of drug-likeness (QED) is 0.370. The number of aromatic nitrogens is 1. The fourth-order valence-electron chi connectivity index (χ4n) is 4.36. The Morgan fingerprint density at radius 2 is 1.81 bits per heavy atom. The van der Waals surface area contributed by atoms with Crippen LogP contribution in [0.25, 0.3) is 21.5 Å². The number of nitrogens with one attached hydrogen (secondary N) is 1. The van der Waals surface area contributed by atoms with Crippen LogP contribution in [0.4, 0.5) is 11.4 Å². The van der Waals surface area contributed by atoms with Crippen molar-refractivity contribution in [2.24, 2.45) is 0 Å². The van der Waals surface area contributed by atoms with E-state index in [2.05, 4.69) is 5.32 Å². The number of nitrogens with two attached hydrogens (primary N) is 1. The molecular weight excluding hydrogens is 442 g/mol. The van der Waals surface area contributed by atoms with Gasteiger partial charge in [0.05, 0.1) is 24.2 Å². The van der Waals surface area contributed by atoms with Crippen LogP contribution in [0, 0.1) is 0 Å². The van der Waals surface area contributed by atoms with Crippen LogP contribution < -0.4 is 15.8 Å². The van der Waals surface area contributed by atoms with Crippen molar-refractivity contribution in [2.45, 2.75) is 25.7 Å². The molecular formula is C25H22ClN3O2S. The molecule has 0 fully saturated rings. The van der Waals surface area contributed by atoms with E-state index in [4.69, 9.17) is 27.1 Å². The number of hydrogen-bond acceptors (Lipinski definition) is 5. The van der Waals surface area contributed by atoms with Crippen molar-refractivity contribution in [1.29, 1.82) is 0 Å². The maximum atomic E-state index is 13.2. The zero-order chi connectivity index (χ0) is 22.2. The molecule has 5 nitrogen and oxygen atoms in total. The largest absolute Gasteiger partial charge is 0.495 e. The Hall–Kier alpha value is -3.09. The maximum absolute atomic E-state index is 13.2. The summed E-state index contributed by atoms with van der Waals surface area (Å²) in [5.41, 5.74) is 12.1. The van der Waals surface area contributed by atoms with E-state index in [1.807, 2.05) is 36.4 Å². The summed E-state index contributed by atoms with van der Waals surface area (Å²) in [6, 6.07) is 15.1. The predicted molar refractivity (Wildman–Crippen MR) is 132 cm³/mol. The zero-order valence-corrected chi connectivity index (χ0v) is 19.1. The molecule has 4 aromatic rings. The van der Waals surface area contributed by atoms with Gasteiger partial charge in [0.2, 0.25) is 0 Å². The number of ether oxygens (including phenoxy) is 1. The van der Waals surface area contributed by atoms with E-state index in [1.165, 1.54) is 22.5 Å². The van der Waals surface area contributed by atoms with Gasteiger partial charge in [-0.1, -0.05) is 35.9 Å². The molecule has 1 amide bonds. The van der Waals surface area contributed by atoms with E-state index < -0.39 is 0 Å². The first-order valence-electron chi connectivity index (χ1n) is 10.5. The molecule has 2 heterocycles. The van der Waals surface area contributed by atoms with Gasteiger partial charge in [-0.25, -0.2) is 4.98 Å². The second-order valence-electron chi connectivity index (χ2n) is 7.81. The van der Waals surface area contributed by atoms with Crippen LogP contribution in [0.5, 0.6) is 5.75 Å². The summed E-state index contributed by atoms with van der Waals surface area (Å²) in [6.45, 7) is 0. The summed E-state index contributed by atoms with van der Waals surface area (Å²) < 4.78 is 5.35. The van der Waals surface area contributed by atoms with E-state index in [0.717, 1.165) is 47.2 Å². The molecule has 32 heavy (non-hydrogen) atoms. The molecule has 0 saturated carbocycles. The van der Waals surface area contributed by atoms with E-state index in [1.54, 1.807) is 19.2 Å². The minimum atomic E-state index is -0.257. The molecule has 0 aliphatic heterocycles. The summed E-state index contributed by atoms with van der Waals surface area (Å²) >= 11 is 7.43. The molecule has 2 aromatic heterocycles. The van der Waals surface area contributed by atoms with Gasteiger partial charge in [-0.3, -0.25) is 4.79 Å². The number of nitrogens with zero attached hydrogens (tertiary/aromatic N) is 1. The third-order valence-electron chi connectivity index (χ3n) is 5.87. The van der Waals surface area contributed by atoms with Crippen molar-refractivity contribution >= 4 is 50.4 Å². The van der Waals surface area contributed by atoms with Crippen molar-refractivity contribution in [2.75, 3.05) is 18.2 Å². The number of fused-ring (bicyclic) bond motifs is 3. The molecule has 5 rings (SSSR count). The van der Waals surface area contributed by atoms with Gasteiger partial charge < -0.3 is 15.8 Å². The van der Waals surface area contributed by atoms with Crippen LogP contribution in [0.1, 0.15) is 33.6 Å². The summed E-state index contributed by atoms with van der Waals surface area (Å²) in [4.78, 5) is 19.4. The molecule has 7 heteroatoms. The molecule has 1 aliphatic rings. The van der Waals surface area contributed by atoms with E-state index in [0.29, 0.717) is 27.0 Å². The highest BCUT2D eigenvalue weighted by molar-refractivity contribution is 7.21. The molecule has 0 unspecified atom stereocenters. The Morgan fingerprint density at radius 3 is 2.56 bits per heavy atom. The maximum Gasteiger partial charge on any atom is 0.268 e. The van der Waals surface area contributed by atoms with Gasteiger partial charge in [-0.15, -0.1) is 11.3 Å². The molecule has 3 N–H and O–H groups in total. The number of nitrogen functional groups attached to an aromatic ring is 1. The minimum Gasteiger partial charge on any atom is -0.495 e. The average molecular weight is 464 g/mol. The van der Waals surface area contributed by atoms with Crippen molar-refractivity contribution in [3.8, 4) is 17.0 Å². The topological polar surface area (TPSA) is 77.2 Å². The molecule has 0 spiro atoms. The van der Waals surface area contributed by atoms with Crippen LogP contribution in [-0.2, 0) is 12.8 Å². The molecule has 0 saturated heterocycles. The number of halogens is 1. The van der Waals surface area contributed by atoms with Crippen LogP contribution in [0.2, 0.25) is 5.02 Å². The number of benzene rings is 2. The first-order chi connectivity index (χ1) is 15.6. The van der Waals surface area contributed by atoms with Crippen molar-refractivity contribution < 1.29 is 9.53 Å². The molecule has 0 bridgehead atoms. The number of aryl methyl sites for hydroxylation is 1. The summed E-state index contributed by atoms with van der Waals surface area (Å²) in [6.07, 6.45) is 4.11. The second-order valence-corrected chi connectivity index (χ2v) is 9.25. The third-order valence-corrected chi connectivity index (χ3v) is 7.22. The van der Waals surface area contributed by atoms with Gasteiger partial charge in [0.1, 0.15) is 15.5 Å². The highest BCUT2D eigenvalue weighted by atomic mass is 35.5. The van der Waals surface area contributed by atoms with Gasteiger partial charge in [-0.05, 0) is 61.1 Å². The number of rotatable bonds is 4. The van der Waals surface area contributed by atoms with E-state index in [-0.39, 0.29) is 5.91 Å². The lowest BCUT2D eigenvalue weighted by Crippen LogP contribution is -2.13. The number of hydrogen-bond donors (Lipinski definition) is 2. The summed E-state index contributed by atoms with van der Waals surface area (Å²) in [5.74, 6) is 0.341. The minimum absolute atomic E-state index is 0.257. The van der Waals surface area contributed by atoms with Gasteiger partial charge in [-0.2, -0.15) is 0 Å². The van der Waals surface area contributed by atoms with E-state index >= 15 is 0 Å². The zero-order valence-electron chi connectivity index (χ0n) is 17.6. The monoisotopic (exact) mass is 463 g/mol. The van der Waals surface area contributed by atoms with Gasteiger partial charge >= 0.3 is 0 Å². The van der Waals surface area contributed by atoms with Crippen LogP contribution >= 0.6 is 22.9 Å². The van der Waals surface area contributed by atoms with Gasteiger partial charge in [0.25, 0.3) is 5.91 Å². The number of carbonyl (C=O) groups excluding carboxylic acids is 1. The Morgan fingerprint density at radius 1 is 1.09 bits per heavy atom. The van der Waals surface area contributed by atoms with Crippen LogP contribution in [-0.4, -0.2) is 18.0 Å². The summed E-state index contributed by atoms with van der Waals surface area (Å²) in [5, 5.41) is 4.55. The lowest BCUT2D eigenvalue weighted by atomic mass is 9.87. The molecule has 0 radical (unpaired) electrons. The van der Waals surface area contributed by atoms with Crippen LogP contribution in [0.15, 0.2) is 48.5 Å².